The lowest BCUT2D eigenvalue weighted by atomic mass is 9.29. The third kappa shape index (κ3) is 4.72. The molecule has 10 aliphatic rings. The standard InChI is InChI=1S/C51H68O7/c1-5-58-29-34-32-13-7-6-12-31(32)24-35-33(34)15-21-49-22-16-39-47(4,43(57)28-52)40(54)17-23-50(35,39)44(49)38(53)25-36-37-26-45(2)18-9-8-14-41(55)51(37,42(56)27-46(36,49)3)48(30-45)19-10-11-20-48/h6-7,12-13,24-25,33,35,37,39-44,52,54-57H,5,9-11,15-23,26-30H2,1-4H3. The van der Waals surface area contributed by atoms with Crippen molar-refractivity contribution in [3.8, 4) is 11.8 Å². The second-order valence-electron chi connectivity index (χ2n) is 21.9. The molecular weight excluding hydrogens is 725 g/mol. The van der Waals surface area contributed by atoms with Crippen LogP contribution in [0.15, 0.2) is 35.9 Å². The van der Waals surface area contributed by atoms with Crippen molar-refractivity contribution >= 4 is 17.4 Å². The number of hydrogen-bond donors (Lipinski definition) is 5. The quantitative estimate of drug-likeness (QED) is 0.246. The minimum Gasteiger partial charge on any atom is -0.394 e. The summed E-state index contributed by atoms with van der Waals surface area (Å²) < 4.78 is 6.31. The Morgan fingerprint density at radius 1 is 0.931 bits per heavy atom. The third-order valence-corrected chi connectivity index (χ3v) is 20.3. The number of rotatable bonds is 5. The number of carbonyl (C=O) groups excluding carboxylic acids is 1. The van der Waals surface area contributed by atoms with Crippen LogP contribution in [-0.4, -0.2) is 75.6 Å². The molecule has 7 heteroatoms. The number of allylic oxidation sites excluding steroid dienone is 2. The first-order chi connectivity index (χ1) is 27.7. The van der Waals surface area contributed by atoms with E-state index in [9.17, 15) is 25.5 Å². The maximum absolute atomic E-state index is 16.1. The number of benzene rings is 1. The monoisotopic (exact) mass is 792 g/mol. The predicted molar refractivity (Wildman–Crippen MR) is 223 cm³/mol. The molecule has 0 radical (unpaired) electrons. The molecule has 15 unspecified atom stereocenters. The summed E-state index contributed by atoms with van der Waals surface area (Å²) in [6.45, 7) is 9.53. The molecule has 10 aliphatic carbocycles. The highest BCUT2D eigenvalue weighted by Crippen LogP contribution is 2.82. The number of aliphatic hydroxyl groups excluding tert-OH is 5. The van der Waals surface area contributed by atoms with Crippen LogP contribution in [0.25, 0.3) is 11.6 Å². The van der Waals surface area contributed by atoms with Crippen molar-refractivity contribution in [3.05, 3.63) is 46.4 Å². The zero-order valence-electron chi connectivity index (χ0n) is 35.4. The van der Waals surface area contributed by atoms with Crippen molar-refractivity contribution in [1.29, 1.82) is 0 Å². The summed E-state index contributed by atoms with van der Waals surface area (Å²) in [6.07, 6.45) is 13.2. The molecule has 7 nitrogen and oxygen atoms in total. The minimum absolute atomic E-state index is 0.0173. The lowest BCUT2D eigenvalue weighted by Crippen LogP contribution is -2.74. The van der Waals surface area contributed by atoms with Crippen molar-refractivity contribution in [2.45, 2.75) is 148 Å². The van der Waals surface area contributed by atoms with Gasteiger partial charge in [0.1, 0.15) is 6.10 Å². The Balaban J connectivity index is 1.23. The van der Waals surface area contributed by atoms with Gasteiger partial charge >= 0.3 is 0 Å². The van der Waals surface area contributed by atoms with Gasteiger partial charge in [-0.2, -0.15) is 0 Å². The molecule has 6 saturated carbocycles. The fourth-order valence-electron chi connectivity index (χ4n) is 18.2. The van der Waals surface area contributed by atoms with Gasteiger partial charge in [0.25, 0.3) is 0 Å². The number of ether oxygens (including phenoxy) is 1. The summed E-state index contributed by atoms with van der Waals surface area (Å²) in [5, 5.41) is 62.9. The Kier molecular flexibility index (Phi) is 9.16. The molecule has 0 heterocycles. The predicted octanol–water partition coefficient (Wildman–Crippen LogP) is 5.61. The molecule has 3 spiro atoms. The van der Waals surface area contributed by atoms with E-state index in [1.54, 1.807) is 0 Å². The summed E-state index contributed by atoms with van der Waals surface area (Å²) >= 11 is 0. The Morgan fingerprint density at radius 2 is 1.69 bits per heavy atom. The Morgan fingerprint density at radius 3 is 2.45 bits per heavy atom. The lowest BCUT2D eigenvalue weighted by molar-refractivity contribution is -0.266. The van der Waals surface area contributed by atoms with Crippen LogP contribution in [0.2, 0.25) is 0 Å². The second-order valence-corrected chi connectivity index (χ2v) is 21.9. The van der Waals surface area contributed by atoms with Crippen molar-refractivity contribution < 1.29 is 35.1 Å². The van der Waals surface area contributed by atoms with E-state index in [-0.39, 0.29) is 40.3 Å². The van der Waals surface area contributed by atoms with Gasteiger partial charge in [0.2, 0.25) is 0 Å². The number of aliphatic hydroxyl groups is 5. The molecule has 11 rings (SSSR count). The minimum atomic E-state index is -1.14. The number of ketones is 1. The maximum Gasteiger partial charge on any atom is 0.159 e. The van der Waals surface area contributed by atoms with Gasteiger partial charge in [0.05, 0.1) is 31.5 Å². The Bertz CT molecular complexity index is 2080. The zero-order valence-corrected chi connectivity index (χ0v) is 35.4. The summed E-state index contributed by atoms with van der Waals surface area (Å²) in [4.78, 5) is 16.1. The molecule has 0 saturated heterocycles. The second kappa shape index (κ2) is 13.3. The highest BCUT2D eigenvalue weighted by molar-refractivity contribution is 5.96. The number of carbonyl (C=O) groups is 1. The first-order valence-corrected chi connectivity index (χ1v) is 23.2. The third-order valence-electron chi connectivity index (χ3n) is 20.3. The van der Waals surface area contributed by atoms with E-state index in [1.165, 1.54) is 16.4 Å². The molecule has 4 bridgehead atoms. The number of fused-ring (bicyclic) bond motifs is 6. The van der Waals surface area contributed by atoms with Gasteiger partial charge in [-0.1, -0.05) is 75.4 Å². The van der Waals surface area contributed by atoms with Crippen LogP contribution < -0.4 is 10.4 Å². The van der Waals surface area contributed by atoms with Crippen molar-refractivity contribution in [3.63, 3.8) is 0 Å². The van der Waals surface area contributed by atoms with E-state index in [1.807, 2.05) is 13.8 Å². The van der Waals surface area contributed by atoms with Crippen molar-refractivity contribution in [1.82, 2.24) is 0 Å². The SMILES string of the molecule is CCOCC1=c2ccccc2=CC2C1CCC13CCC4C(C)(C(O)CO)C(O)CCC24C1C(=O)C=C1C2CC4(C)CCC#CC(O)C2(C(O)CC13C)C1(CCCC1)C4. The molecule has 0 amide bonds. The zero-order chi connectivity index (χ0) is 40.7. The van der Waals surface area contributed by atoms with Crippen LogP contribution in [0, 0.1) is 79.3 Å². The van der Waals surface area contributed by atoms with Crippen molar-refractivity contribution in [2.24, 2.45) is 67.5 Å². The molecule has 0 aliphatic heterocycles. The number of hydrogen-bond acceptors (Lipinski definition) is 7. The molecular formula is C51H68O7. The van der Waals surface area contributed by atoms with Gasteiger partial charge in [-0.15, -0.1) is 5.92 Å². The topological polar surface area (TPSA) is 127 Å². The molecule has 6 fully saturated rings. The van der Waals surface area contributed by atoms with Crippen LogP contribution in [0.5, 0.6) is 0 Å². The highest BCUT2D eigenvalue weighted by atomic mass is 16.5. The highest BCUT2D eigenvalue weighted by Gasteiger charge is 2.79. The fraction of sp³-hybridized carbons (Fsp3) is 0.745. The Hall–Kier alpha value is -2.31. The largest absolute Gasteiger partial charge is 0.394 e. The van der Waals surface area contributed by atoms with E-state index in [4.69, 9.17) is 4.74 Å². The van der Waals surface area contributed by atoms with Crippen LogP contribution in [0.3, 0.4) is 0 Å². The molecule has 15 atom stereocenters. The van der Waals surface area contributed by atoms with Crippen molar-refractivity contribution in [2.75, 3.05) is 19.8 Å². The molecule has 5 N–H and O–H groups in total. The summed E-state index contributed by atoms with van der Waals surface area (Å²) in [7, 11) is 0. The van der Waals surface area contributed by atoms with E-state index < -0.39 is 64.0 Å². The average molecular weight is 793 g/mol. The fourth-order valence-corrected chi connectivity index (χ4v) is 18.2. The molecule has 1 aromatic carbocycles. The van der Waals surface area contributed by atoms with Gasteiger partial charge in [-0.25, -0.2) is 0 Å². The molecule has 58 heavy (non-hydrogen) atoms. The molecule has 1 aromatic rings. The van der Waals surface area contributed by atoms with Crippen LogP contribution in [-0.2, 0) is 9.53 Å². The maximum atomic E-state index is 16.1. The molecule has 0 aromatic heterocycles. The first kappa shape index (κ1) is 39.8. The smallest absolute Gasteiger partial charge is 0.159 e. The first-order valence-electron chi connectivity index (χ1n) is 23.2. The van der Waals surface area contributed by atoms with E-state index in [0.717, 1.165) is 82.3 Å². The van der Waals surface area contributed by atoms with E-state index in [2.05, 4.69) is 62.1 Å². The van der Waals surface area contributed by atoms with Gasteiger partial charge in [0, 0.05) is 29.8 Å². The van der Waals surface area contributed by atoms with E-state index in [0.29, 0.717) is 32.5 Å². The van der Waals surface area contributed by atoms with Crippen LogP contribution >= 0.6 is 0 Å². The summed E-state index contributed by atoms with van der Waals surface area (Å²) in [6, 6.07) is 8.63. The Labute approximate surface area is 345 Å². The van der Waals surface area contributed by atoms with Crippen LogP contribution in [0.4, 0.5) is 0 Å². The summed E-state index contributed by atoms with van der Waals surface area (Å²) in [5.41, 5.74) is -1.31. The van der Waals surface area contributed by atoms with Gasteiger partial charge < -0.3 is 30.3 Å². The normalized spacial score (nSPS) is 48.7. The van der Waals surface area contributed by atoms with Gasteiger partial charge in [-0.05, 0) is 157 Å². The average Bonchev–Trinajstić information content (AvgIpc) is 3.67. The van der Waals surface area contributed by atoms with Crippen LogP contribution in [0.1, 0.15) is 124 Å². The molecule has 314 valence electrons. The van der Waals surface area contributed by atoms with E-state index >= 15 is 4.79 Å². The van der Waals surface area contributed by atoms with Gasteiger partial charge in [0.15, 0.2) is 5.78 Å². The lowest BCUT2D eigenvalue weighted by Gasteiger charge is -2.75. The summed E-state index contributed by atoms with van der Waals surface area (Å²) in [5.74, 6) is 6.14. The van der Waals surface area contributed by atoms with Gasteiger partial charge in [-0.3, -0.25) is 4.79 Å².